The summed E-state index contributed by atoms with van der Waals surface area (Å²) in [5.74, 6) is -0.678. The first-order valence-electron chi connectivity index (χ1n) is 12.1. The molecule has 3 aliphatic carbocycles. The predicted octanol–water partition coefficient (Wildman–Crippen LogP) is 3.48. The number of hydrogen-bond acceptors (Lipinski definition) is 4. The maximum absolute atomic E-state index is 13.2. The summed E-state index contributed by atoms with van der Waals surface area (Å²) in [6.07, 6.45) is 2.18. The van der Waals surface area contributed by atoms with Gasteiger partial charge >= 0.3 is 12.1 Å². The molecule has 0 aromatic heterocycles. The third-order valence-corrected chi connectivity index (χ3v) is 7.99. The third kappa shape index (κ3) is 3.73. The SMILES string of the molecule is O=C(N[C@@H](CC1CC1)C(=O)N1C[C@@H]2C(C(=O)O)[C@@H]2C1)OCC1c2ccccc2-c2ccccc21. The van der Waals surface area contributed by atoms with Crippen LogP contribution < -0.4 is 5.32 Å². The van der Waals surface area contributed by atoms with Crippen LogP contribution in [-0.4, -0.2) is 53.7 Å². The Hall–Kier alpha value is -3.35. The van der Waals surface area contributed by atoms with Crippen molar-refractivity contribution >= 4 is 18.0 Å². The first-order chi connectivity index (χ1) is 16.5. The Morgan fingerprint density at radius 2 is 1.56 bits per heavy atom. The van der Waals surface area contributed by atoms with Gasteiger partial charge in [-0.05, 0) is 46.4 Å². The van der Waals surface area contributed by atoms with Gasteiger partial charge in [-0.25, -0.2) is 4.79 Å². The number of rotatable bonds is 7. The second-order valence-corrected chi connectivity index (χ2v) is 10.1. The van der Waals surface area contributed by atoms with Crippen molar-refractivity contribution in [1.82, 2.24) is 10.2 Å². The lowest BCUT2D eigenvalue weighted by atomic mass is 9.98. The molecule has 7 nitrogen and oxygen atoms in total. The molecule has 1 unspecified atom stereocenters. The number of likely N-dealkylation sites (tertiary alicyclic amines) is 1. The van der Waals surface area contributed by atoms with E-state index in [4.69, 9.17) is 4.74 Å². The number of amides is 2. The van der Waals surface area contributed by atoms with E-state index in [0.29, 0.717) is 25.4 Å². The molecular formula is C27H28N2O5. The molecule has 2 N–H and O–H groups in total. The quantitative estimate of drug-likeness (QED) is 0.660. The average molecular weight is 461 g/mol. The number of hydrogen-bond donors (Lipinski definition) is 2. The molecule has 176 valence electrons. The molecule has 0 bridgehead atoms. The molecule has 2 aromatic rings. The number of carbonyl (C=O) groups excluding carboxylic acids is 2. The van der Waals surface area contributed by atoms with Crippen molar-refractivity contribution in [2.75, 3.05) is 19.7 Å². The van der Waals surface area contributed by atoms with Crippen LogP contribution in [0.4, 0.5) is 4.79 Å². The fraction of sp³-hybridized carbons (Fsp3) is 0.444. The first kappa shape index (κ1) is 21.2. The van der Waals surface area contributed by atoms with Gasteiger partial charge in [-0.1, -0.05) is 61.4 Å². The molecule has 1 aliphatic heterocycles. The van der Waals surface area contributed by atoms with Gasteiger partial charge in [0.05, 0.1) is 5.92 Å². The van der Waals surface area contributed by atoms with E-state index in [1.165, 1.54) is 11.1 Å². The van der Waals surface area contributed by atoms with E-state index < -0.39 is 18.1 Å². The van der Waals surface area contributed by atoms with Gasteiger partial charge in [0, 0.05) is 19.0 Å². The molecule has 0 spiro atoms. The topological polar surface area (TPSA) is 95.9 Å². The summed E-state index contributed by atoms with van der Waals surface area (Å²) >= 11 is 0. The molecule has 3 fully saturated rings. The Balaban J connectivity index is 1.10. The van der Waals surface area contributed by atoms with E-state index in [9.17, 15) is 19.5 Å². The van der Waals surface area contributed by atoms with Crippen LogP contribution in [0.15, 0.2) is 48.5 Å². The number of aliphatic carboxylic acids is 1. The van der Waals surface area contributed by atoms with E-state index in [0.717, 1.165) is 24.0 Å². The summed E-state index contributed by atoms with van der Waals surface area (Å²) in [6, 6.07) is 15.7. The minimum atomic E-state index is -0.770. The number of carboxylic acid groups (broad SMARTS) is 1. The lowest BCUT2D eigenvalue weighted by Gasteiger charge is -2.26. The zero-order chi connectivity index (χ0) is 23.4. The Morgan fingerprint density at radius 3 is 2.12 bits per heavy atom. The third-order valence-electron chi connectivity index (χ3n) is 7.99. The standard InChI is InChI=1S/C27H28N2O5/c30-25(29-12-20-21(13-29)24(20)26(31)32)23(11-15-9-10-15)28-27(33)34-14-22-18-7-3-1-5-16(18)17-6-2-4-8-19(17)22/h1-8,15,20-24H,9-14H2,(H,28,33)(H,31,32)/t20-,21+,23-,24?/m0/s1. The Kier molecular flexibility index (Phi) is 5.08. The molecule has 1 heterocycles. The van der Waals surface area contributed by atoms with Gasteiger partial charge in [0.15, 0.2) is 0 Å². The molecule has 1 saturated heterocycles. The van der Waals surface area contributed by atoms with Crippen LogP contribution >= 0.6 is 0 Å². The fourth-order valence-corrected chi connectivity index (χ4v) is 5.98. The summed E-state index contributed by atoms with van der Waals surface area (Å²) in [5.41, 5.74) is 4.63. The van der Waals surface area contributed by atoms with Gasteiger partial charge in [0.2, 0.25) is 5.91 Å². The van der Waals surface area contributed by atoms with E-state index in [1.807, 2.05) is 24.3 Å². The van der Waals surface area contributed by atoms with Crippen LogP contribution in [0.3, 0.4) is 0 Å². The number of benzene rings is 2. The van der Waals surface area contributed by atoms with Gasteiger partial charge in [0.25, 0.3) is 0 Å². The number of nitrogens with zero attached hydrogens (tertiary/aromatic N) is 1. The summed E-state index contributed by atoms with van der Waals surface area (Å²) in [4.78, 5) is 38.9. The lowest BCUT2D eigenvalue weighted by Crippen LogP contribution is -2.49. The molecule has 0 radical (unpaired) electrons. The molecule has 2 aromatic carbocycles. The van der Waals surface area contributed by atoms with Crippen LogP contribution in [-0.2, 0) is 14.3 Å². The van der Waals surface area contributed by atoms with Crippen molar-refractivity contribution < 1.29 is 24.2 Å². The predicted molar refractivity (Wildman–Crippen MR) is 124 cm³/mol. The van der Waals surface area contributed by atoms with Crippen molar-refractivity contribution in [2.45, 2.75) is 31.2 Å². The van der Waals surface area contributed by atoms with Gasteiger partial charge in [0.1, 0.15) is 12.6 Å². The molecule has 6 rings (SSSR count). The van der Waals surface area contributed by atoms with Gasteiger partial charge < -0.3 is 20.1 Å². The molecule has 2 amide bonds. The highest BCUT2D eigenvalue weighted by atomic mass is 16.5. The molecule has 2 saturated carbocycles. The normalized spacial score (nSPS) is 25.2. The van der Waals surface area contributed by atoms with E-state index in [-0.39, 0.29) is 36.2 Å². The smallest absolute Gasteiger partial charge is 0.407 e. The average Bonchev–Trinajstić information content (AvgIpc) is 3.72. The summed E-state index contributed by atoms with van der Waals surface area (Å²) in [5, 5.41) is 12.1. The number of carbonyl (C=O) groups is 3. The number of nitrogens with one attached hydrogen (secondary N) is 1. The highest BCUT2D eigenvalue weighted by Gasteiger charge is 2.61. The first-order valence-corrected chi connectivity index (χ1v) is 12.1. The van der Waals surface area contributed by atoms with E-state index >= 15 is 0 Å². The zero-order valence-corrected chi connectivity index (χ0v) is 18.9. The van der Waals surface area contributed by atoms with Crippen molar-refractivity contribution in [3.05, 3.63) is 59.7 Å². The monoisotopic (exact) mass is 460 g/mol. The fourth-order valence-electron chi connectivity index (χ4n) is 5.98. The summed E-state index contributed by atoms with van der Waals surface area (Å²) in [6.45, 7) is 1.14. The van der Waals surface area contributed by atoms with Crippen LogP contribution in [0.2, 0.25) is 0 Å². The molecule has 34 heavy (non-hydrogen) atoms. The molecule has 4 aliphatic rings. The molecule has 7 heteroatoms. The second kappa shape index (κ2) is 8.15. The van der Waals surface area contributed by atoms with Gasteiger partial charge in [-0.3, -0.25) is 9.59 Å². The van der Waals surface area contributed by atoms with Crippen LogP contribution in [0.5, 0.6) is 0 Å². The number of piperidine rings is 1. The van der Waals surface area contributed by atoms with Crippen LogP contribution in [0.25, 0.3) is 11.1 Å². The Morgan fingerprint density at radius 1 is 0.971 bits per heavy atom. The number of fused-ring (bicyclic) bond motifs is 4. The maximum Gasteiger partial charge on any atom is 0.407 e. The highest BCUT2D eigenvalue weighted by Crippen LogP contribution is 2.52. The van der Waals surface area contributed by atoms with Crippen LogP contribution in [0, 0.1) is 23.7 Å². The minimum absolute atomic E-state index is 0.0330. The second-order valence-electron chi connectivity index (χ2n) is 10.1. The number of ether oxygens (including phenoxy) is 1. The summed E-state index contributed by atoms with van der Waals surface area (Å²) in [7, 11) is 0. The van der Waals surface area contributed by atoms with Gasteiger partial charge in [-0.2, -0.15) is 0 Å². The molecule has 4 atom stereocenters. The Bertz CT molecular complexity index is 1100. The van der Waals surface area contributed by atoms with Gasteiger partial charge in [-0.15, -0.1) is 0 Å². The van der Waals surface area contributed by atoms with Crippen molar-refractivity contribution in [2.24, 2.45) is 23.7 Å². The van der Waals surface area contributed by atoms with Crippen molar-refractivity contribution in [1.29, 1.82) is 0 Å². The molecular weight excluding hydrogens is 432 g/mol. The zero-order valence-electron chi connectivity index (χ0n) is 18.9. The van der Waals surface area contributed by atoms with Crippen LogP contribution in [0.1, 0.15) is 36.3 Å². The largest absolute Gasteiger partial charge is 0.481 e. The lowest BCUT2D eigenvalue weighted by molar-refractivity contribution is -0.141. The van der Waals surface area contributed by atoms with Crippen molar-refractivity contribution in [3.8, 4) is 11.1 Å². The van der Waals surface area contributed by atoms with E-state index in [1.54, 1.807) is 4.90 Å². The maximum atomic E-state index is 13.2. The summed E-state index contributed by atoms with van der Waals surface area (Å²) < 4.78 is 5.66. The minimum Gasteiger partial charge on any atom is -0.481 e. The van der Waals surface area contributed by atoms with Crippen molar-refractivity contribution in [3.63, 3.8) is 0 Å². The number of alkyl carbamates (subject to hydrolysis) is 1. The van der Waals surface area contributed by atoms with E-state index in [2.05, 4.69) is 29.6 Å². The Labute approximate surface area is 198 Å². The highest BCUT2D eigenvalue weighted by molar-refractivity contribution is 5.87. The number of carboxylic acids is 1.